The maximum absolute atomic E-state index is 12.7. The van der Waals surface area contributed by atoms with E-state index in [9.17, 15) is 4.79 Å². The van der Waals surface area contributed by atoms with Gasteiger partial charge >= 0.3 is 0 Å². The topological polar surface area (TPSA) is 60.9 Å². The Hall–Kier alpha value is -2.88. The minimum Gasteiger partial charge on any atom is -0.383 e. The van der Waals surface area contributed by atoms with E-state index in [1.54, 1.807) is 6.20 Å². The van der Waals surface area contributed by atoms with E-state index in [0.717, 1.165) is 50.8 Å². The van der Waals surface area contributed by atoms with Crippen LogP contribution in [0.4, 0.5) is 5.82 Å². The first kappa shape index (κ1) is 17.5. The first-order chi connectivity index (χ1) is 12.7. The Bertz CT molecular complexity index is 1120. The van der Waals surface area contributed by atoms with Crippen LogP contribution in [0.3, 0.4) is 0 Å². The molecule has 27 heavy (non-hydrogen) atoms. The fourth-order valence-electron chi connectivity index (χ4n) is 4.25. The SMILES string of the molecule is C=C(C)c1cnc(N)c2ccc(-n3cc(C)c4c3CC(C)(C)CC4=O)cc12. The molecule has 2 heterocycles. The monoisotopic (exact) mass is 359 g/mol. The molecule has 0 atom stereocenters. The Morgan fingerprint density at radius 2 is 2.00 bits per heavy atom. The summed E-state index contributed by atoms with van der Waals surface area (Å²) < 4.78 is 2.17. The van der Waals surface area contributed by atoms with E-state index in [-0.39, 0.29) is 11.2 Å². The highest BCUT2D eigenvalue weighted by Crippen LogP contribution is 2.38. The van der Waals surface area contributed by atoms with E-state index in [0.29, 0.717) is 12.2 Å². The van der Waals surface area contributed by atoms with Gasteiger partial charge in [-0.2, -0.15) is 0 Å². The van der Waals surface area contributed by atoms with Gasteiger partial charge in [-0.15, -0.1) is 0 Å². The molecule has 0 aliphatic heterocycles. The molecule has 4 rings (SSSR count). The summed E-state index contributed by atoms with van der Waals surface area (Å²) in [5, 5.41) is 1.96. The minimum absolute atomic E-state index is 0.0271. The summed E-state index contributed by atoms with van der Waals surface area (Å²) in [7, 11) is 0. The molecular weight excluding hydrogens is 334 g/mol. The number of rotatable bonds is 2. The van der Waals surface area contributed by atoms with Crippen molar-refractivity contribution in [3.05, 3.63) is 59.6 Å². The van der Waals surface area contributed by atoms with Gasteiger partial charge in [0.2, 0.25) is 0 Å². The Morgan fingerprint density at radius 3 is 2.70 bits per heavy atom. The number of carbonyl (C=O) groups excluding carboxylic acids is 1. The van der Waals surface area contributed by atoms with Crippen molar-refractivity contribution >= 4 is 27.9 Å². The van der Waals surface area contributed by atoms with Gasteiger partial charge in [0.25, 0.3) is 0 Å². The Kier molecular flexibility index (Phi) is 3.77. The quantitative estimate of drug-likeness (QED) is 0.692. The number of benzene rings is 1. The van der Waals surface area contributed by atoms with E-state index in [1.807, 2.05) is 26.0 Å². The number of allylic oxidation sites excluding steroid dienone is 1. The zero-order chi connectivity index (χ0) is 19.5. The van der Waals surface area contributed by atoms with E-state index in [1.165, 1.54) is 0 Å². The highest BCUT2D eigenvalue weighted by Gasteiger charge is 2.34. The molecule has 1 aliphatic carbocycles. The van der Waals surface area contributed by atoms with Crippen molar-refractivity contribution in [2.45, 2.75) is 40.5 Å². The third kappa shape index (κ3) is 2.76. The minimum atomic E-state index is -0.0271. The first-order valence-electron chi connectivity index (χ1n) is 9.26. The zero-order valence-corrected chi connectivity index (χ0v) is 16.4. The van der Waals surface area contributed by atoms with Crippen LogP contribution in [0.5, 0.6) is 0 Å². The zero-order valence-electron chi connectivity index (χ0n) is 16.4. The molecule has 2 N–H and O–H groups in total. The van der Waals surface area contributed by atoms with Gasteiger partial charge in [-0.1, -0.05) is 20.4 Å². The van der Waals surface area contributed by atoms with Crippen LogP contribution in [0, 0.1) is 12.3 Å². The number of fused-ring (bicyclic) bond motifs is 2. The number of hydrogen-bond donors (Lipinski definition) is 1. The van der Waals surface area contributed by atoms with Crippen LogP contribution in [0.15, 0.2) is 37.2 Å². The molecule has 0 amide bonds. The molecule has 0 saturated heterocycles. The molecule has 4 nitrogen and oxygen atoms in total. The number of hydrogen-bond acceptors (Lipinski definition) is 3. The van der Waals surface area contributed by atoms with E-state index < -0.39 is 0 Å². The number of carbonyl (C=O) groups is 1. The van der Waals surface area contributed by atoms with Crippen molar-refractivity contribution in [2.75, 3.05) is 5.73 Å². The maximum atomic E-state index is 12.7. The summed E-state index contributed by atoms with van der Waals surface area (Å²) in [6.07, 6.45) is 5.35. The second kappa shape index (κ2) is 5.81. The number of aryl methyl sites for hydroxylation is 1. The van der Waals surface area contributed by atoms with Gasteiger partial charge in [0, 0.05) is 46.7 Å². The number of Topliss-reactive ketones (excluding diaryl/α,β-unsaturated/α-hetero) is 1. The number of anilines is 1. The van der Waals surface area contributed by atoms with E-state index in [4.69, 9.17) is 5.73 Å². The van der Waals surface area contributed by atoms with Gasteiger partial charge in [0.15, 0.2) is 5.78 Å². The van der Waals surface area contributed by atoms with Crippen LogP contribution in [0.25, 0.3) is 22.0 Å². The molecule has 1 aliphatic rings. The molecule has 0 radical (unpaired) electrons. The molecular formula is C23H25N3O. The molecule has 0 unspecified atom stereocenters. The number of nitrogens with zero attached hydrogens (tertiary/aromatic N) is 2. The average Bonchev–Trinajstić information content (AvgIpc) is 2.89. The largest absolute Gasteiger partial charge is 0.383 e. The lowest BCUT2D eigenvalue weighted by Crippen LogP contribution is -2.28. The molecule has 138 valence electrons. The van der Waals surface area contributed by atoms with Gasteiger partial charge in [0.05, 0.1) is 0 Å². The lowest BCUT2D eigenvalue weighted by Gasteiger charge is -2.30. The van der Waals surface area contributed by atoms with E-state index >= 15 is 0 Å². The Labute approximate surface area is 159 Å². The second-order valence-corrected chi connectivity index (χ2v) is 8.51. The fourth-order valence-corrected chi connectivity index (χ4v) is 4.25. The number of ketones is 1. The van der Waals surface area contributed by atoms with Gasteiger partial charge in [-0.05, 0) is 60.4 Å². The summed E-state index contributed by atoms with van der Waals surface area (Å²) in [6.45, 7) is 12.4. The van der Waals surface area contributed by atoms with Crippen molar-refractivity contribution < 1.29 is 4.79 Å². The lowest BCUT2D eigenvalue weighted by atomic mass is 9.75. The van der Waals surface area contributed by atoms with Crippen LogP contribution >= 0.6 is 0 Å². The van der Waals surface area contributed by atoms with Crippen molar-refractivity contribution in [3.63, 3.8) is 0 Å². The number of pyridine rings is 1. The van der Waals surface area contributed by atoms with Gasteiger partial charge in [-0.3, -0.25) is 4.79 Å². The molecule has 3 aromatic rings. The standard InChI is InChI=1S/C23H25N3O/c1-13(2)18-11-25-22(24)16-7-6-15(8-17(16)18)26-12-14(3)21-19(26)9-23(4,5)10-20(21)27/h6-8,11-12H,1,9-10H2,2-5H3,(H2,24,25). The second-order valence-electron chi connectivity index (χ2n) is 8.51. The molecule has 0 fully saturated rings. The molecule has 2 aromatic heterocycles. The molecule has 1 aromatic carbocycles. The predicted octanol–water partition coefficient (Wildman–Crippen LogP) is 5.10. The molecule has 4 heteroatoms. The van der Waals surface area contributed by atoms with Crippen molar-refractivity contribution in [2.24, 2.45) is 5.41 Å². The number of nitrogen functional groups attached to an aromatic ring is 1. The maximum Gasteiger partial charge on any atom is 0.165 e. The Morgan fingerprint density at radius 1 is 1.26 bits per heavy atom. The van der Waals surface area contributed by atoms with Crippen LogP contribution < -0.4 is 5.73 Å². The van der Waals surface area contributed by atoms with Crippen molar-refractivity contribution in [3.8, 4) is 5.69 Å². The summed E-state index contributed by atoms with van der Waals surface area (Å²) in [5.41, 5.74) is 12.1. The number of nitrogens with two attached hydrogens (primary N) is 1. The third-order valence-corrected chi connectivity index (χ3v) is 5.50. The summed E-state index contributed by atoms with van der Waals surface area (Å²) >= 11 is 0. The van der Waals surface area contributed by atoms with Crippen molar-refractivity contribution in [1.29, 1.82) is 0 Å². The highest BCUT2D eigenvalue weighted by atomic mass is 16.1. The Balaban J connectivity index is 1.97. The highest BCUT2D eigenvalue weighted by molar-refractivity contribution is 6.01. The molecule has 0 saturated carbocycles. The van der Waals surface area contributed by atoms with Crippen LogP contribution in [0.2, 0.25) is 0 Å². The number of aromatic nitrogens is 2. The van der Waals surface area contributed by atoms with Gasteiger partial charge < -0.3 is 10.3 Å². The third-order valence-electron chi connectivity index (χ3n) is 5.50. The fraction of sp³-hybridized carbons (Fsp3) is 0.304. The predicted molar refractivity (Wildman–Crippen MR) is 111 cm³/mol. The first-order valence-corrected chi connectivity index (χ1v) is 9.26. The summed E-state index contributed by atoms with van der Waals surface area (Å²) in [6, 6.07) is 6.19. The normalized spacial score (nSPS) is 15.8. The van der Waals surface area contributed by atoms with Crippen LogP contribution in [-0.2, 0) is 6.42 Å². The van der Waals surface area contributed by atoms with E-state index in [2.05, 4.69) is 42.2 Å². The smallest absolute Gasteiger partial charge is 0.165 e. The summed E-state index contributed by atoms with van der Waals surface area (Å²) in [5.74, 6) is 0.762. The van der Waals surface area contributed by atoms with Crippen molar-refractivity contribution in [1.82, 2.24) is 9.55 Å². The van der Waals surface area contributed by atoms with Gasteiger partial charge in [-0.25, -0.2) is 4.98 Å². The average molecular weight is 359 g/mol. The summed E-state index contributed by atoms with van der Waals surface area (Å²) in [4.78, 5) is 17.0. The van der Waals surface area contributed by atoms with Crippen LogP contribution in [-0.4, -0.2) is 15.3 Å². The van der Waals surface area contributed by atoms with Crippen LogP contribution in [0.1, 0.15) is 54.4 Å². The molecule has 0 bridgehead atoms. The lowest BCUT2D eigenvalue weighted by molar-refractivity contribution is 0.0910. The molecule has 0 spiro atoms. The van der Waals surface area contributed by atoms with Gasteiger partial charge in [0.1, 0.15) is 5.82 Å².